The zero-order chi connectivity index (χ0) is 25.0. The average Bonchev–Trinajstić information content (AvgIpc) is 3.11. The molecule has 0 amide bonds. The van der Waals surface area contributed by atoms with Crippen LogP contribution in [0, 0.1) is 23.7 Å². The molecule has 1 aliphatic carbocycles. The molecule has 35 heavy (non-hydrogen) atoms. The van der Waals surface area contributed by atoms with Crippen molar-refractivity contribution in [3.63, 3.8) is 0 Å². The number of benzene rings is 1. The minimum atomic E-state index is -1.02. The van der Waals surface area contributed by atoms with Crippen LogP contribution in [0.3, 0.4) is 0 Å². The highest BCUT2D eigenvalue weighted by Gasteiger charge is 2.39. The third kappa shape index (κ3) is 9.15. The summed E-state index contributed by atoms with van der Waals surface area (Å²) in [7, 11) is 0. The van der Waals surface area contributed by atoms with E-state index in [0.29, 0.717) is 37.2 Å². The molecular weight excluding hydrogens is 448 g/mol. The van der Waals surface area contributed by atoms with Crippen LogP contribution < -0.4 is 4.74 Å². The Kier molecular flexibility index (Phi) is 10.8. The molecule has 2 unspecified atom stereocenters. The van der Waals surface area contributed by atoms with Crippen LogP contribution in [-0.4, -0.2) is 57.6 Å². The number of hydrogen-bond donors (Lipinski definition) is 4. The first-order chi connectivity index (χ1) is 16.9. The summed E-state index contributed by atoms with van der Waals surface area (Å²) in [5.41, 5.74) is 0.716. The standard InChI is InChI=1S/C28H36O7/c29-21(14-13-20-8-7-9-22(18-20)35-28-12-5-6-17-34-28)15-16-24-23(25(30)19-26(24)31)10-3-1-2-4-11-27(32)33/h1,3,7-9,15-16,18,21,23-26,28-31H,2,4-6,10-12,17,19H2,(H,32,33)/b3-1-,16-15+/t21?,23-,24-,25+,26-,28?/m1/s1. The fraction of sp³-hybridized carbons (Fsp3) is 0.536. The fourth-order valence-corrected chi connectivity index (χ4v) is 4.49. The fourth-order valence-electron chi connectivity index (χ4n) is 4.49. The second-order valence-corrected chi connectivity index (χ2v) is 9.15. The van der Waals surface area contributed by atoms with Crippen LogP contribution in [0.25, 0.3) is 0 Å². The van der Waals surface area contributed by atoms with Crippen molar-refractivity contribution in [2.45, 2.75) is 76.0 Å². The summed E-state index contributed by atoms with van der Waals surface area (Å²) in [5, 5.41) is 39.8. The van der Waals surface area contributed by atoms with Gasteiger partial charge in [-0.3, -0.25) is 4.79 Å². The summed E-state index contributed by atoms with van der Waals surface area (Å²) in [6.45, 7) is 0.708. The number of hydrogen-bond acceptors (Lipinski definition) is 6. The number of aliphatic carboxylic acids is 1. The zero-order valence-electron chi connectivity index (χ0n) is 20.0. The minimum Gasteiger partial charge on any atom is -0.481 e. The highest BCUT2D eigenvalue weighted by Crippen LogP contribution is 2.36. The van der Waals surface area contributed by atoms with Gasteiger partial charge in [0.1, 0.15) is 11.9 Å². The lowest BCUT2D eigenvalue weighted by Crippen LogP contribution is -2.24. The Balaban J connectivity index is 1.53. The van der Waals surface area contributed by atoms with Gasteiger partial charge in [0.15, 0.2) is 6.29 Å². The number of aliphatic hydroxyl groups is 3. The largest absolute Gasteiger partial charge is 0.481 e. The third-order valence-electron chi connectivity index (χ3n) is 6.37. The number of carboxylic acids is 1. The molecule has 4 N–H and O–H groups in total. The second-order valence-electron chi connectivity index (χ2n) is 9.15. The molecule has 0 radical (unpaired) electrons. The number of rotatable bonds is 10. The Labute approximate surface area is 207 Å². The van der Waals surface area contributed by atoms with Crippen LogP contribution >= 0.6 is 0 Å². The number of ether oxygens (including phenoxy) is 2. The van der Waals surface area contributed by atoms with Gasteiger partial charge in [-0.2, -0.15) is 0 Å². The topological polar surface area (TPSA) is 116 Å². The van der Waals surface area contributed by atoms with Gasteiger partial charge in [0.2, 0.25) is 0 Å². The number of carbonyl (C=O) groups is 1. The van der Waals surface area contributed by atoms with Crippen molar-refractivity contribution in [3.8, 4) is 17.6 Å². The maximum atomic E-state index is 10.6. The normalized spacial score (nSPS) is 27.6. The molecule has 2 aliphatic rings. The number of unbranched alkanes of at least 4 members (excludes halogenated alkanes) is 1. The maximum Gasteiger partial charge on any atom is 0.303 e. The summed E-state index contributed by atoms with van der Waals surface area (Å²) in [6, 6.07) is 7.36. The molecule has 7 nitrogen and oxygen atoms in total. The van der Waals surface area contributed by atoms with Crippen molar-refractivity contribution in [3.05, 3.63) is 54.1 Å². The Hall–Kier alpha value is -2.63. The molecule has 190 valence electrons. The van der Waals surface area contributed by atoms with E-state index >= 15 is 0 Å². The van der Waals surface area contributed by atoms with Crippen LogP contribution in [0.2, 0.25) is 0 Å². The van der Waals surface area contributed by atoms with E-state index in [0.717, 1.165) is 19.3 Å². The van der Waals surface area contributed by atoms with E-state index in [1.807, 2.05) is 36.4 Å². The van der Waals surface area contributed by atoms with Gasteiger partial charge in [-0.05, 0) is 62.3 Å². The summed E-state index contributed by atoms with van der Waals surface area (Å²) in [6.07, 6.45) is 9.77. The molecule has 1 heterocycles. The van der Waals surface area contributed by atoms with Gasteiger partial charge in [0, 0.05) is 30.7 Å². The SMILES string of the molecule is O=C(O)CCC/C=C\C[C@@H]1[C@@H](/C=C/C(O)C#Cc2cccc(OC3CCCCO3)c2)[C@H](O)C[C@@H]1O. The molecule has 0 bridgehead atoms. The Morgan fingerprint density at radius 1 is 1.23 bits per heavy atom. The van der Waals surface area contributed by atoms with Crippen molar-refractivity contribution >= 4 is 5.97 Å². The predicted molar refractivity (Wildman–Crippen MR) is 132 cm³/mol. The van der Waals surface area contributed by atoms with E-state index in [2.05, 4.69) is 11.8 Å². The van der Waals surface area contributed by atoms with E-state index in [-0.39, 0.29) is 31.0 Å². The van der Waals surface area contributed by atoms with Crippen molar-refractivity contribution in [1.29, 1.82) is 0 Å². The number of carboxylic acid groups (broad SMARTS) is 1. The predicted octanol–water partition coefficient (Wildman–Crippen LogP) is 3.42. The summed E-state index contributed by atoms with van der Waals surface area (Å²) >= 11 is 0. The monoisotopic (exact) mass is 484 g/mol. The van der Waals surface area contributed by atoms with E-state index in [9.17, 15) is 20.1 Å². The summed E-state index contributed by atoms with van der Waals surface area (Å²) < 4.78 is 11.5. The van der Waals surface area contributed by atoms with Crippen molar-refractivity contribution < 1.29 is 34.7 Å². The van der Waals surface area contributed by atoms with Crippen LogP contribution in [-0.2, 0) is 9.53 Å². The Morgan fingerprint density at radius 3 is 2.86 bits per heavy atom. The van der Waals surface area contributed by atoms with Crippen molar-refractivity contribution in [1.82, 2.24) is 0 Å². The molecule has 0 spiro atoms. The molecular formula is C28H36O7. The van der Waals surface area contributed by atoms with Gasteiger partial charge in [0.25, 0.3) is 0 Å². The van der Waals surface area contributed by atoms with Crippen LogP contribution in [0.4, 0.5) is 0 Å². The van der Waals surface area contributed by atoms with E-state index in [1.165, 1.54) is 0 Å². The lowest BCUT2D eigenvalue weighted by Gasteiger charge is -2.23. The van der Waals surface area contributed by atoms with Crippen LogP contribution in [0.1, 0.15) is 56.9 Å². The quantitative estimate of drug-likeness (QED) is 0.228. The van der Waals surface area contributed by atoms with E-state index in [4.69, 9.17) is 14.6 Å². The third-order valence-corrected chi connectivity index (χ3v) is 6.37. The molecule has 1 saturated carbocycles. The molecule has 3 rings (SSSR count). The van der Waals surface area contributed by atoms with Gasteiger partial charge in [-0.25, -0.2) is 0 Å². The van der Waals surface area contributed by atoms with E-state index < -0.39 is 24.3 Å². The van der Waals surface area contributed by atoms with E-state index in [1.54, 1.807) is 12.2 Å². The molecule has 7 heteroatoms. The highest BCUT2D eigenvalue weighted by molar-refractivity contribution is 5.66. The molecule has 0 aromatic heterocycles. The average molecular weight is 485 g/mol. The molecule has 1 saturated heterocycles. The Bertz CT molecular complexity index is 923. The maximum absolute atomic E-state index is 10.6. The lowest BCUT2D eigenvalue weighted by atomic mass is 9.89. The molecule has 1 aliphatic heterocycles. The van der Waals surface area contributed by atoms with Gasteiger partial charge < -0.3 is 29.9 Å². The lowest BCUT2D eigenvalue weighted by molar-refractivity contribution is -0.137. The highest BCUT2D eigenvalue weighted by atomic mass is 16.7. The first-order valence-corrected chi connectivity index (χ1v) is 12.4. The molecule has 2 fully saturated rings. The summed E-state index contributed by atoms with van der Waals surface area (Å²) in [5.74, 6) is 5.15. The van der Waals surface area contributed by atoms with Gasteiger partial charge in [-0.15, -0.1) is 0 Å². The molecule has 1 aromatic carbocycles. The number of aliphatic hydroxyl groups excluding tert-OH is 3. The van der Waals surface area contributed by atoms with Crippen molar-refractivity contribution in [2.24, 2.45) is 11.8 Å². The van der Waals surface area contributed by atoms with Crippen LogP contribution in [0.15, 0.2) is 48.6 Å². The number of allylic oxidation sites excluding steroid dienone is 2. The second kappa shape index (κ2) is 14.1. The molecule has 1 aromatic rings. The minimum absolute atomic E-state index is 0.131. The molecule has 6 atom stereocenters. The van der Waals surface area contributed by atoms with Gasteiger partial charge >= 0.3 is 5.97 Å². The van der Waals surface area contributed by atoms with Gasteiger partial charge in [0.05, 0.1) is 18.8 Å². The first kappa shape index (κ1) is 27.0. The first-order valence-electron chi connectivity index (χ1n) is 12.4. The zero-order valence-corrected chi connectivity index (χ0v) is 20.0. The smallest absolute Gasteiger partial charge is 0.303 e. The van der Waals surface area contributed by atoms with Crippen LogP contribution in [0.5, 0.6) is 5.75 Å². The summed E-state index contributed by atoms with van der Waals surface area (Å²) in [4.78, 5) is 10.6. The van der Waals surface area contributed by atoms with Gasteiger partial charge in [-0.1, -0.05) is 36.1 Å². The Morgan fingerprint density at radius 2 is 2.09 bits per heavy atom. The van der Waals surface area contributed by atoms with Crippen molar-refractivity contribution in [2.75, 3.05) is 6.61 Å².